The first-order chi connectivity index (χ1) is 52.6. The van der Waals surface area contributed by atoms with Crippen LogP contribution in [0, 0.1) is 97.6 Å². The van der Waals surface area contributed by atoms with E-state index >= 15 is 0 Å². The highest BCUT2D eigenvalue weighted by Crippen LogP contribution is 2.72. The van der Waals surface area contributed by atoms with E-state index in [9.17, 15) is 64.2 Å². The number of thioether (sulfide) groups is 3. The standard InChI is InChI=1S/C31H37ClN2O4S.C29H32N2O5S.C29H37NO4S/c1-17-12-22-21-6-4-18-13-20(35)8-10-29(18,2)28(21)25(36)15-30(22,3)31(17,38)26(37)16-39-11-9-27-33-23-7-5-19(32)14-24(23)34-27;1-27-11-9-17(32)13-16(27)7-8-18-19-10-12-29(36,28(19,2)14-22(33)24(18)27)23(34)15-37-26-25(35)30-20-5-3-4-6-21(20)31-26;1-18-14-23-22-8-7-19-15-21(31)9-11-27(19,2)26(22)24(32)16-28(23,3)29(18,34)25(33)17-35-13-10-20-6-4-5-12-30-20/h5,7-8,10,13-14,17,21-22,25,28,36,38H,4,6,9,11-12,15-16H2,1-3H3,(H,33,34);3-6,9,11,13,18-19,22,24,33,36H,7-8,10,12,14-15H2,1-2H3,(H,30,35);4-6,9,11-12,15,18,22-24,26,32,34H,7-8,10,13-14,16-17H2,1-3H3/t17-,21?,22?,25+,28?,29?,30?,31+;18?,19?,22-,24?,27?,28?,29-;18-,22?,23?,24+,26?,27?,28?,29+/m101/s1. The van der Waals surface area contributed by atoms with Crippen LogP contribution in [-0.4, -0.2) is 154 Å². The lowest BCUT2D eigenvalue weighted by Gasteiger charge is -2.59. The highest BCUT2D eigenvalue weighted by Gasteiger charge is 2.73. The van der Waals surface area contributed by atoms with Crippen molar-refractivity contribution in [3.05, 3.63) is 165 Å². The van der Waals surface area contributed by atoms with Crippen molar-refractivity contribution in [1.29, 1.82) is 0 Å². The first kappa shape index (κ1) is 80.0. The summed E-state index contributed by atoms with van der Waals surface area (Å²) in [6.07, 6.45) is 26.2. The monoisotopic (exact) mass is 1580 g/mol. The number of rotatable bonds is 16. The second-order valence-electron chi connectivity index (χ2n) is 36.1. The third-order valence-electron chi connectivity index (χ3n) is 30.7. The molecule has 0 radical (unpaired) electrons. The van der Waals surface area contributed by atoms with Crippen molar-refractivity contribution >= 4 is 104 Å². The van der Waals surface area contributed by atoms with Gasteiger partial charge in [-0.25, -0.2) is 9.97 Å². The fraction of sp³-hybridized carbons (Fsp3) is 0.573. The molecule has 0 amide bonds. The van der Waals surface area contributed by atoms with Gasteiger partial charge in [-0.1, -0.05) is 132 Å². The number of halogens is 1. The van der Waals surface area contributed by atoms with E-state index < -0.39 is 51.4 Å². The molecule has 3 heterocycles. The molecule has 0 saturated heterocycles. The molecule has 111 heavy (non-hydrogen) atoms. The number of pyridine rings is 1. The Morgan fingerprint density at radius 1 is 0.541 bits per heavy atom. The number of hydrogen-bond donors (Lipinski definition) is 8. The number of allylic oxidation sites excluding steroid dienone is 12. The fourth-order valence-electron chi connectivity index (χ4n) is 25.3. The Bertz CT molecular complexity index is 4840. The summed E-state index contributed by atoms with van der Waals surface area (Å²) in [5.74, 6) is 2.84. The third-order valence-corrected chi connectivity index (χ3v) is 33.8. The molecule has 2 aromatic carbocycles. The molecule has 3 aromatic heterocycles. The molecular weight excluding hydrogens is 1480 g/mol. The molecule has 23 atom stereocenters. The second kappa shape index (κ2) is 29.8. The number of nitrogens with zero attached hydrogens (tertiary/aromatic N) is 3. The van der Waals surface area contributed by atoms with Crippen LogP contribution in [0.5, 0.6) is 0 Å². The molecule has 0 spiro atoms. The summed E-state index contributed by atoms with van der Waals surface area (Å²) in [5.41, 5.74) is -0.661. The number of fused-ring (bicyclic) bond motifs is 17. The Labute approximate surface area is 667 Å². The molecule has 17 rings (SSSR count). The summed E-state index contributed by atoms with van der Waals surface area (Å²) >= 11 is 10.2. The average Bonchev–Trinajstić information content (AvgIpc) is 1.53. The van der Waals surface area contributed by atoms with Crippen LogP contribution in [0.15, 0.2) is 148 Å². The summed E-state index contributed by atoms with van der Waals surface area (Å²) in [6.45, 7) is 16.5. The van der Waals surface area contributed by atoms with Gasteiger partial charge in [0.15, 0.2) is 39.7 Å². The predicted molar refractivity (Wildman–Crippen MR) is 433 cm³/mol. The molecule has 0 aliphatic heterocycles. The van der Waals surface area contributed by atoms with E-state index in [0.29, 0.717) is 60.3 Å². The highest BCUT2D eigenvalue weighted by molar-refractivity contribution is 8.00. The molecule has 590 valence electrons. The lowest BCUT2D eigenvalue weighted by atomic mass is 9.46. The largest absolute Gasteiger partial charge is 0.393 e. The van der Waals surface area contributed by atoms with Gasteiger partial charge in [0.25, 0.3) is 5.56 Å². The number of carbonyl (C=O) groups is 6. The first-order valence-electron chi connectivity index (χ1n) is 40.1. The Balaban J connectivity index is 0.000000132. The number of para-hydroxylation sites is 2. The van der Waals surface area contributed by atoms with Gasteiger partial charge in [0, 0.05) is 79.3 Å². The summed E-state index contributed by atoms with van der Waals surface area (Å²) in [5, 5.41) is 71.7. The number of aromatic amines is 2. The van der Waals surface area contributed by atoms with Gasteiger partial charge >= 0.3 is 0 Å². The fourth-order valence-corrected chi connectivity index (χ4v) is 28.1. The van der Waals surface area contributed by atoms with Gasteiger partial charge in [-0.3, -0.25) is 38.5 Å². The normalized spacial score (nSPS) is 40.0. The van der Waals surface area contributed by atoms with Crippen LogP contribution in [0.2, 0.25) is 5.02 Å². The number of benzene rings is 2. The minimum atomic E-state index is -1.57. The van der Waals surface area contributed by atoms with Crippen molar-refractivity contribution in [3.8, 4) is 0 Å². The zero-order chi connectivity index (χ0) is 78.9. The first-order valence-corrected chi connectivity index (χ1v) is 43.8. The zero-order valence-electron chi connectivity index (χ0n) is 64.8. The number of nitrogens with one attached hydrogen (secondary N) is 2. The number of imidazole rings is 1. The van der Waals surface area contributed by atoms with Crippen LogP contribution in [0.3, 0.4) is 0 Å². The molecule has 8 N–H and O–H groups in total. The Hall–Kier alpha value is -6.24. The van der Waals surface area contributed by atoms with E-state index in [1.165, 1.54) is 11.8 Å². The molecule has 9 fully saturated rings. The van der Waals surface area contributed by atoms with Gasteiger partial charge in [0.05, 0.1) is 57.6 Å². The number of aryl methyl sites for hydroxylation is 2. The lowest BCUT2D eigenvalue weighted by Crippen LogP contribution is -2.62. The van der Waals surface area contributed by atoms with E-state index in [-0.39, 0.29) is 144 Å². The van der Waals surface area contributed by atoms with Crippen molar-refractivity contribution in [2.45, 2.75) is 192 Å². The van der Waals surface area contributed by atoms with Crippen molar-refractivity contribution in [2.75, 3.05) is 28.8 Å². The summed E-state index contributed by atoms with van der Waals surface area (Å²) < 4.78 is 0. The molecule has 5 aromatic rings. The summed E-state index contributed by atoms with van der Waals surface area (Å²) in [7, 11) is 0. The Morgan fingerprint density at radius 2 is 1.02 bits per heavy atom. The zero-order valence-corrected chi connectivity index (χ0v) is 68.0. The number of aliphatic hydroxyl groups is 6. The van der Waals surface area contributed by atoms with Gasteiger partial charge in [0.1, 0.15) is 22.6 Å². The van der Waals surface area contributed by atoms with Crippen LogP contribution in [0.25, 0.3) is 22.1 Å². The molecule has 12 aliphatic rings. The van der Waals surface area contributed by atoms with E-state index in [1.807, 2.05) is 101 Å². The van der Waals surface area contributed by atoms with Crippen LogP contribution in [0.1, 0.15) is 150 Å². The van der Waals surface area contributed by atoms with Crippen molar-refractivity contribution in [1.82, 2.24) is 24.9 Å². The molecule has 18 nitrogen and oxygen atoms in total. The Morgan fingerprint density at radius 3 is 1.53 bits per heavy atom. The molecular formula is C89H106ClN5O13S3. The number of hydrogen-bond acceptors (Lipinski definition) is 19. The maximum absolute atomic E-state index is 13.8. The van der Waals surface area contributed by atoms with Crippen LogP contribution in [0.4, 0.5) is 0 Å². The average molecular weight is 1590 g/mol. The second-order valence-corrected chi connectivity index (χ2v) is 39.7. The van der Waals surface area contributed by atoms with Crippen LogP contribution < -0.4 is 5.56 Å². The number of Topliss-reactive ketones (excluding diaryl/α,β-unsaturated/α-hetero) is 3. The number of aromatic nitrogens is 5. The van der Waals surface area contributed by atoms with E-state index in [0.717, 1.165) is 115 Å². The Kier molecular flexibility index (Phi) is 21.5. The smallest absolute Gasteiger partial charge is 0.280 e. The predicted octanol–water partition coefficient (Wildman–Crippen LogP) is 13.1. The van der Waals surface area contributed by atoms with Crippen molar-refractivity contribution < 1.29 is 59.4 Å². The quantitative estimate of drug-likeness (QED) is 0.0336. The van der Waals surface area contributed by atoms with Crippen molar-refractivity contribution in [2.24, 2.45) is 97.6 Å². The lowest BCUT2D eigenvalue weighted by molar-refractivity contribution is -0.180. The summed E-state index contributed by atoms with van der Waals surface area (Å²) in [4.78, 5) is 109. The molecule has 0 bridgehead atoms. The number of carbonyl (C=O) groups excluding carboxylic acids is 6. The minimum Gasteiger partial charge on any atom is -0.393 e. The SMILES string of the molecule is CC12C=CC(=O)C=C1CCC1C2[C@@H](O)CC2(C)C1CC[C@]2(O)C(=O)CSc1nc2ccccc2[nH]c1=O.C[C@@H]1CC2C3CCC4=CC(=O)C=CC4(C)C3[C@@H](O)CC2(C)[C@@]1(O)C(=O)CSCCc1ccccn1.C[C@@H]1CC2C3CCC4=CC(=O)C=CC4(C)C3[C@@H](O)CC2(C)[C@@]1(O)C(=O)CSCCc1nc2ccc(Cl)cc2[nH]1. The topological polar surface area (TPSA) is 311 Å². The minimum absolute atomic E-state index is 0.000795. The molecule has 12 aliphatic carbocycles. The van der Waals surface area contributed by atoms with Crippen LogP contribution >= 0.6 is 46.9 Å². The van der Waals surface area contributed by atoms with Gasteiger partial charge in [-0.05, 0) is 222 Å². The highest BCUT2D eigenvalue weighted by atomic mass is 35.5. The van der Waals surface area contributed by atoms with E-state index in [2.05, 4.69) is 45.7 Å². The van der Waals surface area contributed by atoms with E-state index in [4.69, 9.17) is 11.6 Å². The molecule has 15 unspecified atom stereocenters. The van der Waals surface area contributed by atoms with Gasteiger partial charge in [0.2, 0.25) is 0 Å². The van der Waals surface area contributed by atoms with Crippen molar-refractivity contribution in [3.63, 3.8) is 0 Å². The molecule has 9 saturated carbocycles. The molecule has 22 heteroatoms. The van der Waals surface area contributed by atoms with Gasteiger partial charge in [-0.2, -0.15) is 23.5 Å². The van der Waals surface area contributed by atoms with Gasteiger partial charge < -0.3 is 40.6 Å². The van der Waals surface area contributed by atoms with Crippen LogP contribution in [-0.2, 0) is 41.6 Å². The maximum atomic E-state index is 13.8. The van der Waals surface area contributed by atoms with E-state index in [1.54, 1.807) is 66.5 Å². The summed E-state index contributed by atoms with van der Waals surface area (Å²) in [6, 6.07) is 18.6. The van der Waals surface area contributed by atoms with Gasteiger partial charge in [-0.15, -0.1) is 0 Å². The number of aliphatic hydroxyl groups excluding tert-OH is 3. The maximum Gasteiger partial charge on any atom is 0.280 e. The number of H-pyrrole nitrogens is 2. The number of ketones is 6. The third kappa shape index (κ3) is 13.2.